The summed E-state index contributed by atoms with van der Waals surface area (Å²) in [6, 6.07) is 31.7. The van der Waals surface area contributed by atoms with Crippen LogP contribution in [0.4, 0.5) is 17.1 Å². The highest BCUT2D eigenvalue weighted by Gasteiger charge is 2.24. The number of carbonyl (C=O) groups is 2. The predicted molar refractivity (Wildman–Crippen MR) is 240 cm³/mol. The number of benzene rings is 5. The van der Waals surface area contributed by atoms with Crippen molar-refractivity contribution in [3.05, 3.63) is 131 Å². The van der Waals surface area contributed by atoms with Crippen LogP contribution in [0.3, 0.4) is 0 Å². The van der Waals surface area contributed by atoms with E-state index < -0.39 is 0 Å². The van der Waals surface area contributed by atoms with Crippen LogP contribution in [-0.2, 0) is 33.7 Å². The SMILES string of the molecule is COCCOCCOCCNc1cc(COc2cc3c(cc2OC)C(=O)N[C@@H](Cc2ccccc2)CN3)cc(Oc2ccc(C(=O)Nc3ccccc3CCC=N)cc2OC)c1. The number of hydrogen-bond acceptors (Lipinski definition) is 12. The van der Waals surface area contributed by atoms with Gasteiger partial charge < -0.3 is 59.8 Å². The van der Waals surface area contributed by atoms with Gasteiger partial charge >= 0.3 is 0 Å². The molecule has 1 heterocycles. The fourth-order valence-corrected chi connectivity index (χ4v) is 6.84. The topological polar surface area (TPSA) is 171 Å². The summed E-state index contributed by atoms with van der Waals surface area (Å²) < 4.78 is 40.5. The highest BCUT2D eigenvalue weighted by atomic mass is 16.5. The number of amides is 2. The van der Waals surface area contributed by atoms with Crippen LogP contribution >= 0.6 is 0 Å². The van der Waals surface area contributed by atoms with Crippen LogP contribution in [-0.4, -0.2) is 91.5 Å². The first-order chi connectivity index (χ1) is 30.4. The Morgan fingerprint density at radius 2 is 1.55 bits per heavy atom. The van der Waals surface area contributed by atoms with E-state index in [0.717, 1.165) is 22.4 Å². The van der Waals surface area contributed by atoms with Crippen LogP contribution in [0.15, 0.2) is 103 Å². The fraction of sp³-hybridized carbons (Fsp3) is 0.312. The molecule has 1 atom stereocenters. The van der Waals surface area contributed by atoms with Gasteiger partial charge in [0.25, 0.3) is 11.8 Å². The molecule has 1 aliphatic rings. The summed E-state index contributed by atoms with van der Waals surface area (Å²) in [4.78, 5) is 26.8. The molecule has 2 amide bonds. The molecule has 0 unspecified atom stereocenters. The molecule has 6 rings (SSSR count). The predicted octanol–water partition coefficient (Wildman–Crippen LogP) is 7.77. The number of carbonyl (C=O) groups excluding carboxylic acids is 2. The second-order valence-electron chi connectivity index (χ2n) is 14.4. The Balaban J connectivity index is 1.18. The van der Waals surface area contributed by atoms with Crippen molar-refractivity contribution in [2.45, 2.75) is 31.9 Å². The van der Waals surface area contributed by atoms with Gasteiger partial charge in [0.1, 0.15) is 12.4 Å². The minimum Gasteiger partial charge on any atom is -0.493 e. The van der Waals surface area contributed by atoms with Crippen LogP contribution in [0.25, 0.3) is 0 Å². The van der Waals surface area contributed by atoms with E-state index >= 15 is 0 Å². The Kier molecular flexibility index (Phi) is 17.0. The van der Waals surface area contributed by atoms with Gasteiger partial charge in [0, 0.05) is 49.3 Å². The van der Waals surface area contributed by atoms with Crippen molar-refractivity contribution in [1.29, 1.82) is 5.41 Å². The lowest BCUT2D eigenvalue weighted by atomic mass is 10.1. The molecule has 0 radical (unpaired) electrons. The van der Waals surface area contributed by atoms with E-state index in [1.807, 2.05) is 60.7 Å². The number of hydrogen-bond donors (Lipinski definition) is 5. The Bertz CT molecular complexity index is 2250. The van der Waals surface area contributed by atoms with Crippen LogP contribution in [0, 0.1) is 5.41 Å². The van der Waals surface area contributed by atoms with Gasteiger partial charge in [-0.05, 0) is 84.6 Å². The van der Waals surface area contributed by atoms with E-state index in [-0.39, 0.29) is 24.5 Å². The molecule has 14 heteroatoms. The molecule has 14 nitrogen and oxygen atoms in total. The van der Waals surface area contributed by atoms with E-state index in [4.69, 9.17) is 38.6 Å². The molecule has 0 aromatic heterocycles. The normalized spacial score (nSPS) is 13.1. The first-order valence-electron chi connectivity index (χ1n) is 20.6. The third kappa shape index (κ3) is 12.9. The van der Waals surface area contributed by atoms with Gasteiger partial charge in [-0.25, -0.2) is 0 Å². The molecule has 0 bridgehead atoms. The quantitative estimate of drug-likeness (QED) is 0.0304. The lowest BCUT2D eigenvalue weighted by Crippen LogP contribution is -2.38. The Morgan fingerprint density at radius 1 is 0.790 bits per heavy atom. The van der Waals surface area contributed by atoms with Crippen molar-refractivity contribution >= 4 is 35.1 Å². The Labute approximate surface area is 362 Å². The molecule has 5 aromatic rings. The average molecular weight is 846 g/mol. The molecular weight excluding hydrogens is 791 g/mol. The molecule has 5 aromatic carbocycles. The second-order valence-corrected chi connectivity index (χ2v) is 14.4. The number of aryl methyl sites for hydroxylation is 1. The number of ether oxygens (including phenoxy) is 7. The van der Waals surface area contributed by atoms with E-state index in [9.17, 15) is 9.59 Å². The van der Waals surface area contributed by atoms with E-state index in [0.29, 0.717) is 117 Å². The van der Waals surface area contributed by atoms with Crippen molar-refractivity contribution in [2.24, 2.45) is 0 Å². The maximum absolute atomic E-state index is 13.4. The Morgan fingerprint density at radius 3 is 2.34 bits per heavy atom. The zero-order chi connectivity index (χ0) is 43.5. The molecule has 0 spiro atoms. The first-order valence-corrected chi connectivity index (χ1v) is 20.6. The van der Waals surface area contributed by atoms with Crippen molar-refractivity contribution in [3.63, 3.8) is 0 Å². The lowest BCUT2D eigenvalue weighted by molar-refractivity contribution is 0.0272. The van der Waals surface area contributed by atoms with Gasteiger partial charge in [-0.2, -0.15) is 0 Å². The van der Waals surface area contributed by atoms with Gasteiger partial charge in [0.05, 0.1) is 64.5 Å². The van der Waals surface area contributed by atoms with Gasteiger partial charge in [0.15, 0.2) is 23.0 Å². The van der Waals surface area contributed by atoms with Crippen LogP contribution < -0.4 is 40.2 Å². The summed E-state index contributed by atoms with van der Waals surface area (Å²) in [5.41, 5.74) is 5.81. The third-order valence-corrected chi connectivity index (χ3v) is 9.96. The number of para-hydroxylation sites is 1. The molecule has 0 fully saturated rings. The van der Waals surface area contributed by atoms with Gasteiger partial charge in [-0.15, -0.1) is 0 Å². The minimum atomic E-state index is -0.303. The minimum absolute atomic E-state index is 0.112. The number of fused-ring (bicyclic) bond motifs is 1. The van der Waals surface area contributed by atoms with E-state index in [1.165, 1.54) is 13.3 Å². The fourth-order valence-electron chi connectivity index (χ4n) is 6.84. The smallest absolute Gasteiger partial charge is 0.255 e. The van der Waals surface area contributed by atoms with Crippen molar-refractivity contribution in [2.75, 3.05) is 83.4 Å². The van der Waals surface area contributed by atoms with Gasteiger partial charge in [0.2, 0.25) is 0 Å². The zero-order valence-electron chi connectivity index (χ0n) is 35.4. The monoisotopic (exact) mass is 845 g/mol. The number of methoxy groups -OCH3 is 3. The highest BCUT2D eigenvalue weighted by molar-refractivity contribution is 6.05. The third-order valence-electron chi connectivity index (χ3n) is 9.96. The van der Waals surface area contributed by atoms with Crippen molar-refractivity contribution in [3.8, 4) is 28.7 Å². The lowest BCUT2D eigenvalue weighted by Gasteiger charge is -2.17. The molecule has 0 aliphatic carbocycles. The summed E-state index contributed by atoms with van der Waals surface area (Å²) in [5, 5.41) is 20.4. The number of anilines is 3. The van der Waals surface area contributed by atoms with Crippen LogP contribution in [0.1, 0.15) is 43.8 Å². The summed E-state index contributed by atoms with van der Waals surface area (Å²) >= 11 is 0. The first kappa shape index (κ1) is 44.9. The molecule has 0 saturated heterocycles. The summed E-state index contributed by atoms with van der Waals surface area (Å²) in [5.74, 6) is 1.64. The molecule has 1 aliphatic heterocycles. The number of nitrogens with one attached hydrogen (secondary N) is 5. The van der Waals surface area contributed by atoms with Crippen LogP contribution in [0.5, 0.6) is 28.7 Å². The molecule has 62 heavy (non-hydrogen) atoms. The summed E-state index contributed by atoms with van der Waals surface area (Å²) in [6.45, 7) is 3.58. The summed E-state index contributed by atoms with van der Waals surface area (Å²) in [6.07, 6.45) is 3.26. The zero-order valence-corrected chi connectivity index (χ0v) is 35.4. The van der Waals surface area contributed by atoms with Crippen LogP contribution in [0.2, 0.25) is 0 Å². The van der Waals surface area contributed by atoms with Gasteiger partial charge in [-0.1, -0.05) is 48.5 Å². The highest BCUT2D eigenvalue weighted by Crippen LogP contribution is 2.37. The molecule has 5 N–H and O–H groups in total. The maximum atomic E-state index is 13.4. The standard InChI is InChI=1S/C48H55N5O9/c1-56-20-21-60-23-22-59-19-18-50-37-25-34(32-61-46-30-42-40(29-45(46)58-3)48(55)52-38(31-51-42)24-33-10-5-4-6-11-33)26-39(28-37)62-43-16-15-36(27-44(43)57-2)47(54)53-41-14-8-7-12-35(41)13-9-17-49/h4-8,10-12,14-17,25-30,38,49-51H,9,13,18-24,31-32H2,1-3H3,(H,52,55)(H,53,54)/t38-/m0/s1. The average Bonchev–Trinajstić information content (AvgIpc) is 3.44. The molecule has 326 valence electrons. The van der Waals surface area contributed by atoms with Gasteiger partial charge in [-0.3, -0.25) is 9.59 Å². The molecule has 0 saturated carbocycles. The van der Waals surface area contributed by atoms with E-state index in [1.54, 1.807) is 44.6 Å². The summed E-state index contributed by atoms with van der Waals surface area (Å²) in [7, 11) is 4.70. The second kappa shape index (κ2) is 23.4. The van der Waals surface area contributed by atoms with Crippen molar-refractivity contribution < 1.29 is 42.7 Å². The number of rotatable bonds is 24. The molecular formula is C48H55N5O9. The Hall–Kier alpha value is -6.61. The van der Waals surface area contributed by atoms with E-state index in [2.05, 4.69) is 33.4 Å². The van der Waals surface area contributed by atoms with Crippen molar-refractivity contribution in [1.82, 2.24) is 5.32 Å². The maximum Gasteiger partial charge on any atom is 0.255 e. The largest absolute Gasteiger partial charge is 0.493 e.